The maximum atomic E-state index is 12.2. The lowest BCUT2D eigenvalue weighted by Gasteiger charge is -2.06. The molecule has 0 aliphatic rings. The molecule has 0 radical (unpaired) electrons. The number of fused-ring (bicyclic) bond motifs is 1. The first-order chi connectivity index (χ1) is 12.6. The van der Waals surface area contributed by atoms with Gasteiger partial charge in [0.2, 0.25) is 5.88 Å². The van der Waals surface area contributed by atoms with Gasteiger partial charge in [0.15, 0.2) is 5.69 Å². The van der Waals surface area contributed by atoms with Crippen molar-refractivity contribution in [1.82, 2.24) is 4.57 Å². The number of aromatic hydroxyl groups is 2. The Morgan fingerprint density at radius 3 is 2.73 bits per heavy atom. The summed E-state index contributed by atoms with van der Waals surface area (Å²) < 4.78 is 7.03. The predicted octanol–water partition coefficient (Wildman–Crippen LogP) is 4.01. The van der Waals surface area contributed by atoms with Gasteiger partial charge in [-0.05, 0) is 31.2 Å². The molecule has 0 fully saturated rings. The van der Waals surface area contributed by atoms with Crippen LogP contribution < -0.4 is 0 Å². The van der Waals surface area contributed by atoms with Gasteiger partial charge < -0.3 is 19.5 Å². The summed E-state index contributed by atoms with van der Waals surface area (Å²) in [4.78, 5) is 12.2. The summed E-state index contributed by atoms with van der Waals surface area (Å²) in [6, 6.07) is 13.2. The van der Waals surface area contributed by atoms with Gasteiger partial charge in [-0.3, -0.25) is 4.79 Å². The molecule has 3 rings (SSSR count). The molecule has 7 nitrogen and oxygen atoms in total. The minimum Gasteiger partial charge on any atom is -0.508 e. The summed E-state index contributed by atoms with van der Waals surface area (Å²) >= 11 is 0. The van der Waals surface area contributed by atoms with E-state index in [1.807, 2.05) is 25.1 Å². The molecule has 0 aliphatic heterocycles. The van der Waals surface area contributed by atoms with Crippen molar-refractivity contribution >= 4 is 22.5 Å². The quantitative estimate of drug-likeness (QED) is 0.517. The summed E-state index contributed by atoms with van der Waals surface area (Å²) in [6.07, 6.45) is 0. The second-order valence-corrected chi connectivity index (χ2v) is 5.59. The first kappa shape index (κ1) is 17.6. The number of nitrogens with zero attached hydrogens (tertiary/aromatic N) is 3. The molecular weight excluding hydrogens is 334 g/mol. The van der Waals surface area contributed by atoms with E-state index in [9.17, 15) is 15.0 Å². The lowest BCUT2D eigenvalue weighted by molar-refractivity contribution is 0.0994. The Morgan fingerprint density at radius 1 is 1.15 bits per heavy atom. The topological polar surface area (TPSA) is 96.4 Å². The molecule has 0 atom stereocenters. The molecule has 3 aromatic rings. The summed E-state index contributed by atoms with van der Waals surface area (Å²) in [5, 5.41) is 28.4. The highest BCUT2D eigenvalue weighted by Crippen LogP contribution is 2.38. The molecule has 2 N–H and O–H groups in total. The van der Waals surface area contributed by atoms with Crippen molar-refractivity contribution in [1.29, 1.82) is 0 Å². The first-order valence-corrected chi connectivity index (χ1v) is 8.25. The number of hydrogen-bond acceptors (Lipinski definition) is 5. The monoisotopic (exact) mass is 353 g/mol. The average molecular weight is 353 g/mol. The number of aromatic nitrogens is 1. The predicted molar refractivity (Wildman–Crippen MR) is 97.0 cm³/mol. The van der Waals surface area contributed by atoms with Gasteiger partial charge in [-0.15, -0.1) is 10.2 Å². The van der Waals surface area contributed by atoms with Crippen LogP contribution in [0.3, 0.4) is 0 Å². The number of rotatable bonds is 6. The number of ether oxygens (including phenoxy) is 1. The van der Waals surface area contributed by atoms with E-state index in [-0.39, 0.29) is 22.9 Å². The number of phenols is 1. The van der Waals surface area contributed by atoms with Crippen molar-refractivity contribution in [3.05, 3.63) is 54.1 Å². The van der Waals surface area contributed by atoms with Crippen LogP contribution in [0.2, 0.25) is 0 Å². The molecule has 0 saturated heterocycles. The van der Waals surface area contributed by atoms with Crippen LogP contribution >= 0.6 is 0 Å². The van der Waals surface area contributed by atoms with Crippen LogP contribution in [0.5, 0.6) is 11.6 Å². The molecule has 2 aromatic carbocycles. The molecule has 1 heterocycles. The number of carbonyl (C=O) groups is 1. The maximum absolute atomic E-state index is 12.2. The third-order valence-corrected chi connectivity index (χ3v) is 3.91. The molecule has 0 unspecified atom stereocenters. The average Bonchev–Trinajstić information content (AvgIpc) is 2.91. The third kappa shape index (κ3) is 3.57. The van der Waals surface area contributed by atoms with Gasteiger partial charge in [0.25, 0.3) is 5.91 Å². The van der Waals surface area contributed by atoms with Crippen molar-refractivity contribution in [2.24, 2.45) is 10.2 Å². The lowest BCUT2D eigenvalue weighted by atomic mass is 10.2. The van der Waals surface area contributed by atoms with Gasteiger partial charge in [0, 0.05) is 24.1 Å². The molecule has 0 spiro atoms. The van der Waals surface area contributed by atoms with Crippen molar-refractivity contribution in [3.8, 4) is 11.6 Å². The molecule has 0 bridgehead atoms. The molecule has 1 amide bonds. The molecule has 134 valence electrons. The summed E-state index contributed by atoms with van der Waals surface area (Å²) in [5.74, 6) is -0.703. The Bertz CT molecular complexity index is 963. The van der Waals surface area contributed by atoms with Gasteiger partial charge >= 0.3 is 0 Å². The van der Waals surface area contributed by atoms with Crippen LogP contribution in [0.15, 0.2) is 58.8 Å². The summed E-state index contributed by atoms with van der Waals surface area (Å²) in [7, 11) is 0. The number of phenolic OH excluding ortho intramolecular Hbond substituents is 1. The van der Waals surface area contributed by atoms with E-state index < -0.39 is 5.91 Å². The number of benzene rings is 2. The first-order valence-electron chi connectivity index (χ1n) is 8.25. The number of para-hydroxylation sites is 1. The molecule has 0 aliphatic carbocycles. The summed E-state index contributed by atoms with van der Waals surface area (Å²) in [5.41, 5.74) is 1.22. The lowest BCUT2D eigenvalue weighted by Crippen LogP contribution is -2.05. The van der Waals surface area contributed by atoms with Crippen LogP contribution in [0.25, 0.3) is 10.9 Å². The van der Waals surface area contributed by atoms with Gasteiger partial charge in [-0.25, -0.2) is 0 Å². The van der Waals surface area contributed by atoms with E-state index in [0.29, 0.717) is 25.1 Å². The largest absolute Gasteiger partial charge is 0.508 e. The third-order valence-electron chi connectivity index (χ3n) is 3.91. The SMILES string of the molecule is CCOCCn1c(O)c(N=NC(=O)c2cccc(O)c2)c2ccccc21. The Balaban J connectivity index is 1.94. The van der Waals surface area contributed by atoms with E-state index in [2.05, 4.69) is 10.2 Å². The summed E-state index contributed by atoms with van der Waals surface area (Å²) in [6.45, 7) is 3.39. The van der Waals surface area contributed by atoms with E-state index in [1.54, 1.807) is 16.7 Å². The highest BCUT2D eigenvalue weighted by molar-refractivity contribution is 5.97. The van der Waals surface area contributed by atoms with E-state index in [4.69, 9.17) is 4.74 Å². The van der Waals surface area contributed by atoms with E-state index >= 15 is 0 Å². The normalized spacial score (nSPS) is 11.4. The zero-order chi connectivity index (χ0) is 18.5. The molecule has 26 heavy (non-hydrogen) atoms. The molecular formula is C19H19N3O4. The molecule has 0 saturated carbocycles. The number of azo groups is 1. The Kier molecular flexibility index (Phi) is 5.28. The Labute approximate surface area is 150 Å². The maximum Gasteiger partial charge on any atom is 0.295 e. The highest BCUT2D eigenvalue weighted by atomic mass is 16.5. The standard InChI is InChI=1S/C19H19N3O4/c1-2-26-11-10-22-16-9-4-3-8-15(16)17(19(22)25)20-21-18(24)13-6-5-7-14(23)12-13/h3-9,12,23,25H,2,10-11H2,1H3. The Morgan fingerprint density at radius 2 is 1.96 bits per heavy atom. The fourth-order valence-corrected chi connectivity index (χ4v) is 2.69. The number of carbonyl (C=O) groups excluding carboxylic acids is 1. The van der Waals surface area contributed by atoms with Gasteiger partial charge in [0.1, 0.15) is 5.75 Å². The van der Waals surface area contributed by atoms with E-state index in [0.717, 1.165) is 5.52 Å². The second kappa shape index (κ2) is 7.79. The molecule has 1 aromatic heterocycles. The van der Waals surface area contributed by atoms with Crippen molar-refractivity contribution in [2.75, 3.05) is 13.2 Å². The van der Waals surface area contributed by atoms with Gasteiger partial charge in [0.05, 0.1) is 12.1 Å². The zero-order valence-corrected chi connectivity index (χ0v) is 14.3. The fraction of sp³-hybridized carbons (Fsp3) is 0.211. The zero-order valence-electron chi connectivity index (χ0n) is 14.3. The molecule has 7 heteroatoms. The van der Waals surface area contributed by atoms with Crippen molar-refractivity contribution in [2.45, 2.75) is 13.5 Å². The van der Waals surface area contributed by atoms with Crippen LogP contribution in [-0.2, 0) is 11.3 Å². The Hall–Kier alpha value is -3.19. The van der Waals surface area contributed by atoms with Crippen molar-refractivity contribution in [3.63, 3.8) is 0 Å². The van der Waals surface area contributed by atoms with Crippen LogP contribution in [0.1, 0.15) is 17.3 Å². The van der Waals surface area contributed by atoms with Gasteiger partial charge in [-0.2, -0.15) is 0 Å². The smallest absolute Gasteiger partial charge is 0.295 e. The number of hydrogen-bond donors (Lipinski definition) is 2. The second-order valence-electron chi connectivity index (χ2n) is 5.59. The minimum atomic E-state index is -0.605. The van der Waals surface area contributed by atoms with Crippen molar-refractivity contribution < 1.29 is 19.7 Å². The minimum absolute atomic E-state index is 0.0265. The van der Waals surface area contributed by atoms with Crippen LogP contribution in [0, 0.1) is 0 Å². The highest BCUT2D eigenvalue weighted by Gasteiger charge is 2.16. The van der Waals surface area contributed by atoms with E-state index in [1.165, 1.54) is 18.2 Å². The van der Waals surface area contributed by atoms with Gasteiger partial charge in [-0.1, -0.05) is 24.3 Å². The fourth-order valence-electron chi connectivity index (χ4n) is 2.69. The van der Waals surface area contributed by atoms with Crippen LogP contribution in [0.4, 0.5) is 5.69 Å². The number of amides is 1. The van der Waals surface area contributed by atoms with Crippen LogP contribution in [-0.4, -0.2) is 33.9 Å².